The van der Waals surface area contributed by atoms with Crippen molar-refractivity contribution in [1.29, 1.82) is 5.26 Å². The summed E-state index contributed by atoms with van der Waals surface area (Å²) >= 11 is 5.89. The van der Waals surface area contributed by atoms with Crippen molar-refractivity contribution in [3.05, 3.63) is 58.6 Å². The average molecular weight is 301 g/mol. The topological polar surface area (TPSA) is 62.1 Å². The molecule has 0 unspecified atom stereocenters. The van der Waals surface area contributed by atoms with Crippen molar-refractivity contribution in [2.45, 2.75) is 6.92 Å². The van der Waals surface area contributed by atoms with Gasteiger partial charge in [0.05, 0.1) is 5.02 Å². The van der Waals surface area contributed by atoms with Crippen LogP contribution < -0.4 is 10.1 Å². The fourth-order valence-electron chi connectivity index (χ4n) is 1.71. The van der Waals surface area contributed by atoms with Crippen LogP contribution in [-0.2, 0) is 4.79 Å². The Morgan fingerprint density at radius 3 is 2.67 bits per heavy atom. The van der Waals surface area contributed by atoms with E-state index in [1.165, 1.54) is 0 Å². The highest BCUT2D eigenvalue weighted by Crippen LogP contribution is 2.25. The number of hydrogen-bond acceptors (Lipinski definition) is 3. The Morgan fingerprint density at radius 1 is 1.29 bits per heavy atom. The number of halogens is 1. The number of carbonyl (C=O) groups is 1. The van der Waals surface area contributed by atoms with Crippen LogP contribution in [0.4, 0.5) is 5.69 Å². The van der Waals surface area contributed by atoms with Crippen molar-refractivity contribution in [1.82, 2.24) is 0 Å². The normalized spacial score (nSPS) is 9.76. The number of rotatable bonds is 4. The highest BCUT2D eigenvalue weighted by atomic mass is 35.5. The van der Waals surface area contributed by atoms with Crippen LogP contribution in [-0.4, -0.2) is 12.5 Å². The molecule has 106 valence electrons. The molecule has 2 aromatic carbocycles. The monoisotopic (exact) mass is 300 g/mol. The SMILES string of the molecule is Cc1ccc(NC(=O)COc2cccc(Cl)c2C#N)cc1. The summed E-state index contributed by atoms with van der Waals surface area (Å²) in [6, 6.07) is 14.2. The first-order valence-corrected chi connectivity index (χ1v) is 6.66. The van der Waals surface area contributed by atoms with Gasteiger partial charge in [-0.2, -0.15) is 5.26 Å². The van der Waals surface area contributed by atoms with Crippen LogP contribution in [0.1, 0.15) is 11.1 Å². The first-order chi connectivity index (χ1) is 10.1. The van der Waals surface area contributed by atoms with Crippen molar-refractivity contribution in [2.24, 2.45) is 0 Å². The quantitative estimate of drug-likeness (QED) is 0.939. The Morgan fingerprint density at radius 2 is 2.00 bits per heavy atom. The number of nitrogens with zero attached hydrogens (tertiary/aromatic N) is 1. The maximum atomic E-state index is 11.8. The summed E-state index contributed by atoms with van der Waals surface area (Å²) in [5, 5.41) is 12.0. The van der Waals surface area contributed by atoms with E-state index in [2.05, 4.69) is 5.32 Å². The van der Waals surface area contributed by atoms with Crippen molar-refractivity contribution < 1.29 is 9.53 Å². The van der Waals surface area contributed by atoms with Gasteiger partial charge in [0.1, 0.15) is 17.4 Å². The van der Waals surface area contributed by atoms with E-state index in [1.54, 1.807) is 18.2 Å². The number of aryl methyl sites for hydroxylation is 1. The van der Waals surface area contributed by atoms with Crippen molar-refractivity contribution in [2.75, 3.05) is 11.9 Å². The Kier molecular flexibility index (Phi) is 4.81. The van der Waals surface area contributed by atoms with E-state index in [0.717, 1.165) is 5.56 Å². The maximum absolute atomic E-state index is 11.8. The first kappa shape index (κ1) is 14.9. The second-order valence-electron chi connectivity index (χ2n) is 4.43. The molecule has 0 aliphatic carbocycles. The van der Waals surface area contributed by atoms with E-state index in [9.17, 15) is 4.79 Å². The minimum atomic E-state index is -0.303. The van der Waals surface area contributed by atoms with Gasteiger partial charge in [0.25, 0.3) is 5.91 Å². The molecule has 1 amide bonds. The molecular weight excluding hydrogens is 288 g/mol. The van der Waals surface area contributed by atoms with Gasteiger partial charge in [-0.3, -0.25) is 4.79 Å². The van der Waals surface area contributed by atoms with Crippen LogP contribution in [0.15, 0.2) is 42.5 Å². The summed E-state index contributed by atoms with van der Waals surface area (Å²) in [4.78, 5) is 11.8. The highest BCUT2D eigenvalue weighted by molar-refractivity contribution is 6.31. The summed E-state index contributed by atoms with van der Waals surface area (Å²) < 4.78 is 5.35. The number of nitriles is 1. The molecule has 0 saturated heterocycles. The molecule has 0 aliphatic rings. The van der Waals surface area contributed by atoms with Gasteiger partial charge in [0.15, 0.2) is 6.61 Å². The minimum absolute atomic E-state index is 0.192. The number of anilines is 1. The van der Waals surface area contributed by atoms with Crippen molar-refractivity contribution >= 4 is 23.2 Å². The maximum Gasteiger partial charge on any atom is 0.262 e. The van der Waals surface area contributed by atoms with E-state index >= 15 is 0 Å². The molecule has 0 spiro atoms. The second-order valence-corrected chi connectivity index (χ2v) is 4.83. The molecule has 0 heterocycles. The zero-order chi connectivity index (χ0) is 15.2. The second kappa shape index (κ2) is 6.78. The van der Waals surface area contributed by atoms with E-state index in [-0.39, 0.29) is 18.1 Å². The number of nitrogens with one attached hydrogen (secondary N) is 1. The Hall–Kier alpha value is -2.51. The van der Waals surface area contributed by atoms with E-state index in [1.807, 2.05) is 37.3 Å². The van der Waals surface area contributed by atoms with Gasteiger partial charge in [0.2, 0.25) is 0 Å². The largest absolute Gasteiger partial charge is 0.482 e. The van der Waals surface area contributed by atoms with Gasteiger partial charge in [-0.05, 0) is 31.2 Å². The number of carbonyl (C=O) groups excluding carboxylic acids is 1. The molecule has 0 saturated carbocycles. The minimum Gasteiger partial charge on any atom is -0.482 e. The number of amides is 1. The molecule has 21 heavy (non-hydrogen) atoms. The third kappa shape index (κ3) is 3.98. The molecule has 4 nitrogen and oxygen atoms in total. The van der Waals surface area contributed by atoms with Crippen LogP contribution in [0, 0.1) is 18.3 Å². The Bertz CT molecular complexity index is 690. The van der Waals surface area contributed by atoms with Gasteiger partial charge in [-0.15, -0.1) is 0 Å². The fraction of sp³-hybridized carbons (Fsp3) is 0.125. The molecule has 1 N–H and O–H groups in total. The number of hydrogen-bond donors (Lipinski definition) is 1. The molecule has 0 bridgehead atoms. The van der Waals surface area contributed by atoms with Crippen LogP contribution in [0.3, 0.4) is 0 Å². The molecular formula is C16H13ClN2O2. The zero-order valence-electron chi connectivity index (χ0n) is 11.4. The lowest BCUT2D eigenvalue weighted by Crippen LogP contribution is -2.20. The first-order valence-electron chi connectivity index (χ1n) is 6.28. The van der Waals surface area contributed by atoms with E-state index in [0.29, 0.717) is 16.5 Å². The van der Waals surface area contributed by atoms with Crippen molar-refractivity contribution in [3.63, 3.8) is 0 Å². The highest BCUT2D eigenvalue weighted by Gasteiger charge is 2.09. The molecule has 0 fully saturated rings. The van der Waals surface area contributed by atoms with Gasteiger partial charge < -0.3 is 10.1 Å². The molecule has 5 heteroatoms. The van der Waals surface area contributed by atoms with Crippen molar-refractivity contribution in [3.8, 4) is 11.8 Å². The molecule has 0 aliphatic heterocycles. The van der Waals surface area contributed by atoms with Crippen LogP contribution >= 0.6 is 11.6 Å². The lowest BCUT2D eigenvalue weighted by Gasteiger charge is -2.09. The third-order valence-electron chi connectivity index (χ3n) is 2.78. The lowest BCUT2D eigenvalue weighted by atomic mass is 10.2. The molecule has 2 aromatic rings. The van der Waals surface area contributed by atoms with Gasteiger partial charge in [0, 0.05) is 5.69 Å². The summed E-state index contributed by atoms with van der Waals surface area (Å²) in [5.41, 5.74) is 2.03. The Balaban J connectivity index is 1.97. The van der Waals surface area contributed by atoms with Gasteiger partial charge >= 0.3 is 0 Å². The summed E-state index contributed by atoms with van der Waals surface area (Å²) in [5.74, 6) is -0.00762. The molecule has 2 rings (SSSR count). The summed E-state index contributed by atoms with van der Waals surface area (Å²) in [6.07, 6.45) is 0. The summed E-state index contributed by atoms with van der Waals surface area (Å²) in [7, 11) is 0. The van der Waals surface area contributed by atoms with Crippen LogP contribution in [0.2, 0.25) is 5.02 Å². The van der Waals surface area contributed by atoms with Gasteiger partial charge in [-0.25, -0.2) is 0 Å². The van der Waals surface area contributed by atoms with E-state index in [4.69, 9.17) is 21.6 Å². The molecule has 0 radical (unpaired) electrons. The number of benzene rings is 2. The average Bonchev–Trinajstić information content (AvgIpc) is 2.47. The standard InChI is InChI=1S/C16H13ClN2O2/c1-11-5-7-12(8-6-11)19-16(20)10-21-15-4-2-3-14(17)13(15)9-18/h2-8H,10H2,1H3,(H,19,20). The van der Waals surface area contributed by atoms with Gasteiger partial charge in [-0.1, -0.05) is 35.4 Å². The van der Waals surface area contributed by atoms with Crippen LogP contribution in [0.5, 0.6) is 5.75 Å². The predicted molar refractivity (Wildman–Crippen MR) is 81.5 cm³/mol. The summed E-state index contributed by atoms with van der Waals surface area (Å²) in [6.45, 7) is 1.78. The smallest absolute Gasteiger partial charge is 0.262 e. The lowest BCUT2D eigenvalue weighted by molar-refractivity contribution is -0.118. The predicted octanol–water partition coefficient (Wildman–Crippen LogP) is 3.54. The zero-order valence-corrected chi connectivity index (χ0v) is 12.1. The molecule has 0 aromatic heterocycles. The Labute approximate surface area is 127 Å². The van der Waals surface area contributed by atoms with E-state index < -0.39 is 0 Å². The molecule has 0 atom stereocenters. The van der Waals surface area contributed by atoms with Crippen LogP contribution in [0.25, 0.3) is 0 Å². The third-order valence-corrected chi connectivity index (χ3v) is 3.10. The number of ether oxygens (including phenoxy) is 1. The fourth-order valence-corrected chi connectivity index (χ4v) is 1.92.